The Bertz CT molecular complexity index is 412. The van der Waals surface area contributed by atoms with Gasteiger partial charge in [-0.25, -0.2) is 0 Å². The van der Waals surface area contributed by atoms with E-state index in [0.29, 0.717) is 5.02 Å². The van der Waals surface area contributed by atoms with E-state index in [9.17, 15) is 0 Å². The van der Waals surface area contributed by atoms with E-state index in [1.165, 1.54) is 0 Å². The predicted molar refractivity (Wildman–Crippen MR) is 56.7 cm³/mol. The Morgan fingerprint density at radius 1 is 1.31 bits per heavy atom. The van der Waals surface area contributed by atoms with Crippen LogP contribution in [0.5, 0.6) is 0 Å². The maximum atomic E-state index is 6.09. The molecule has 0 saturated heterocycles. The molecule has 0 aliphatic heterocycles. The second kappa shape index (κ2) is 3.52. The van der Waals surface area contributed by atoms with Gasteiger partial charge in [-0.2, -0.15) is 5.10 Å². The van der Waals surface area contributed by atoms with E-state index in [1.54, 1.807) is 6.20 Å². The second-order valence-electron chi connectivity index (χ2n) is 2.57. The minimum absolute atomic E-state index is 0.701. The van der Waals surface area contributed by atoms with Crippen molar-refractivity contribution in [1.29, 1.82) is 0 Å². The maximum absolute atomic E-state index is 6.09. The van der Waals surface area contributed by atoms with Gasteiger partial charge in [-0.15, -0.1) is 0 Å². The molecule has 1 aromatic carbocycles. The molecule has 0 spiro atoms. The summed E-state index contributed by atoms with van der Waals surface area (Å²) in [7, 11) is 0. The van der Waals surface area contributed by atoms with Gasteiger partial charge in [-0.3, -0.25) is 5.10 Å². The lowest BCUT2D eigenvalue weighted by molar-refractivity contribution is 1.10. The van der Waals surface area contributed by atoms with Crippen molar-refractivity contribution in [3.63, 3.8) is 0 Å². The smallest absolute Gasteiger partial charge is 0.0665 e. The fourth-order valence-corrected chi connectivity index (χ4v) is 1.71. The fraction of sp³-hybridized carbons (Fsp3) is 0. The first-order chi connectivity index (χ1) is 6.29. The van der Waals surface area contributed by atoms with Gasteiger partial charge >= 0.3 is 0 Å². The molecule has 0 atom stereocenters. The molecule has 13 heavy (non-hydrogen) atoms. The molecule has 0 aliphatic carbocycles. The quantitative estimate of drug-likeness (QED) is 0.832. The van der Waals surface area contributed by atoms with Gasteiger partial charge in [0.25, 0.3) is 0 Å². The summed E-state index contributed by atoms with van der Waals surface area (Å²) < 4.78 is 0.890. The van der Waals surface area contributed by atoms with E-state index in [-0.39, 0.29) is 0 Å². The third-order valence-corrected chi connectivity index (χ3v) is 3.04. The molecule has 2 nitrogen and oxygen atoms in total. The molecule has 0 bridgehead atoms. The number of aromatic amines is 1. The summed E-state index contributed by atoms with van der Waals surface area (Å²) >= 11 is 9.46. The molecule has 1 heterocycles. The molecular weight excluding hydrogens is 251 g/mol. The minimum atomic E-state index is 0.701. The lowest BCUT2D eigenvalue weighted by Gasteiger charge is -2.02. The number of halogens is 2. The van der Waals surface area contributed by atoms with Gasteiger partial charge in [-0.05, 0) is 28.1 Å². The van der Waals surface area contributed by atoms with E-state index in [2.05, 4.69) is 26.1 Å². The molecule has 1 aromatic heterocycles. The zero-order chi connectivity index (χ0) is 9.26. The van der Waals surface area contributed by atoms with Crippen LogP contribution in [0.1, 0.15) is 0 Å². The van der Waals surface area contributed by atoms with Crippen molar-refractivity contribution in [1.82, 2.24) is 10.2 Å². The summed E-state index contributed by atoms with van der Waals surface area (Å²) in [6.45, 7) is 0. The fourth-order valence-electron chi connectivity index (χ4n) is 1.12. The van der Waals surface area contributed by atoms with E-state index in [4.69, 9.17) is 11.6 Å². The molecule has 66 valence electrons. The summed E-state index contributed by atoms with van der Waals surface area (Å²) in [5.41, 5.74) is 1.87. The molecule has 0 aliphatic rings. The standard InChI is InChI=1S/C9H6BrClN2/c10-7-3-1-2-6(9(7)11)8-4-5-12-13-8/h1-5H,(H,12,13). The summed E-state index contributed by atoms with van der Waals surface area (Å²) in [6, 6.07) is 7.67. The van der Waals surface area contributed by atoms with Crippen LogP contribution in [-0.2, 0) is 0 Å². The number of benzene rings is 1. The minimum Gasteiger partial charge on any atom is -0.278 e. The largest absolute Gasteiger partial charge is 0.278 e. The van der Waals surface area contributed by atoms with Crippen LogP contribution in [0.4, 0.5) is 0 Å². The third kappa shape index (κ3) is 1.62. The van der Waals surface area contributed by atoms with Crippen molar-refractivity contribution in [3.8, 4) is 11.3 Å². The normalized spacial score (nSPS) is 10.3. The number of aromatic nitrogens is 2. The molecule has 4 heteroatoms. The molecular formula is C9H6BrClN2. The van der Waals surface area contributed by atoms with Crippen molar-refractivity contribution in [2.45, 2.75) is 0 Å². The zero-order valence-corrected chi connectivity index (χ0v) is 8.93. The van der Waals surface area contributed by atoms with E-state index < -0.39 is 0 Å². The number of hydrogen-bond donors (Lipinski definition) is 1. The van der Waals surface area contributed by atoms with Crippen molar-refractivity contribution in [2.24, 2.45) is 0 Å². The number of hydrogen-bond acceptors (Lipinski definition) is 1. The van der Waals surface area contributed by atoms with E-state index in [1.807, 2.05) is 24.3 Å². The van der Waals surface area contributed by atoms with Crippen LogP contribution in [0.3, 0.4) is 0 Å². The Hall–Kier alpha value is -0.800. The average Bonchev–Trinajstić information content (AvgIpc) is 2.62. The van der Waals surface area contributed by atoms with Gasteiger partial charge in [0.05, 0.1) is 10.7 Å². The Balaban J connectivity index is 2.59. The summed E-state index contributed by atoms with van der Waals surface area (Å²) in [5, 5.41) is 7.44. The first-order valence-corrected chi connectivity index (χ1v) is 4.90. The molecule has 0 saturated carbocycles. The summed E-state index contributed by atoms with van der Waals surface area (Å²) in [4.78, 5) is 0. The summed E-state index contributed by atoms with van der Waals surface area (Å²) in [6.07, 6.45) is 1.70. The summed E-state index contributed by atoms with van der Waals surface area (Å²) in [5.74, 6) is 0. The number of nitrogens with zero attached hydrogens (tertiary/aromatic N) is 1. The van der Waals surface area contributed by atoms with Crippen LogP contribution in [0, 0.1) is 0 Å². The van der Waals surface area contributed by atoms with Gasteiger partial charge in [0.2, 0.25) is 0 Å². The highest BCUT2D eigenvalue weighted by atomic mass is 79.9. The molecule has 0 amide bonds. The van der Waals surface area contributed by atoms with Crippen LogP contribution >= 0.6 is 27.5 Å². The van der Waals surface area contributed by atoms with Gasteiger partial charge in [0.15, 0.2) is 0 Å². The Kier molecular flexibility index (Phi) is 2.38. The topological polar surface area (TPSA) is 28.7 Å². The molecule has 0 unspecified atom stereocenters. The lowest BCUT2D eigenvalue weighted by atomic mass is 10.1. The van der Waals surface area contributed by atoms with E-state index in [0.717, 1.165) is 15.7 Å². The highest BCUT2D eigenvalue weighted by molar-refractivity contribution is 9.10. The average molecular weight is 258 g/mol. The number of nitrogens with one attached hydrogen (secondary N) is 1. The van der Waals surface area contributed by atoms with E-state index >= 15 is 0 Å². The SMILES string of the molecule is Clc1c(Br)cccc1-c1ccn[nH]1. The molecule has 0 radical (unpaired) electrons. The zero-order valence-electron chi connectivity index (χ0n) is 6.59. The van der Waals surface area contributed by atoms with Crippen LogP contribution in [0.15, 0.2) is 34.9 Å². The van der Waals surface area contributed by atoms with Crippen molar-refractivity contribution in [3.05, 3.63) is 40.0 Å². The molecule has 2 rings (SSSR count). The maximum Gasteiger partial charge on any atom is 0.0665 e. The van der Waals surface area contributed by atoms with Crippen LogP contribution in [0.25, 0.3) is 11.3 Å². The second-order valence-corrected chi connectivity index (χ2v) is 3.80. The molecule has 2 aromatic rings. The Morgan fingerprint density at radius 3 is 2.85 bits per heavy atom. The molecule has 0 fully saturated rings. The van der Waals surface area contributed by atoms with Crippen LogP contribution < -0.4 is 0 Å². The Morgan fingerprint density at radius 2 is 2.15 bits per heavy atom. The number of rotatable bonds is 1. The van der Waals surface area contributed by atoms with Gasteiger partial charge in [0.1, 0.15) is 0 Å². The molecule has 1 N–H and O–H groups in total. The van der Waals surface area contributed by atoms with Crippen LogP contribution in [-0.4, -0.2) is 10.2 Å². The monoisotopic (exact) mass is 256 g/mol. The lowest BCUT2D eigenvalue weighted by Crippen LogP contribution is -1.80. The highest BCUT2D eigenvalue weighted by Crippen LogP contribution is 2.32. The van der Waals surface area contributed by atoms with Gasteiger partial charge in [0, 0.05) is 16.2 Å². The first-order valence-electron chi connectivity index (χ1n) is 3.73. The number of H-pyrrole nitrogens is 1. The van der Waals surface area contributed by atoms with Crippen LogP contribution in [0.2, 0.25) is 5.02 Å². The van der Waals surface area contributed by atoms with Crippen molar-refractivity contribution in [2.75, 3.05) is 0 Å². The predicted octanol–water partition coefficient (Wildman–Crippen LogP) is 3.49. The van der Waals surface area contributed by atoms with Crippen molar-refractivity contribution < 1.29 is 0 Å². The van der Waals surface area contributed by atoms with Crippen molar-refractivity contribution >= 4 is 27.5 Å². The highest BCUT2D eigenvalue weighted by Gasteiger charge is 2.06. The van der Waals surface area contributed by atoms with Gasteiger partial charge in [-0.1, -0.05) is 23.7 Å². The van der Waals surface area contributed by atoms with Gasteiger partial charge < -0.3 is 0 Å². The first kappa shape index (κ1) is 8.78. The Labute approximate surface area is 89.1 Å². The third-order valence-electron chi connectivity index (χ3n) is 1.74.